The van der Waals surface area contributed by atoms with Gasteiger partial charge in [0.2, 0.25) is 0 Å². The van der Waals surface area contributed by atoms with Gasteiger partial charge in [-0.3, -0.25) is 0 Å². The first-order chi connectivity index (χ1) is 10.7. The third-order valence-electron chi connectivity index (χ3n) is 3.77. The summed E-state index contributed by atoms with van der Waals surface area (Å²) < 4.78 is 11.5. The van der Waals surface area contributed by atoms with E-state index < -0.39 is 0 Å². The first-order valence-corrected chi connectivity index (χ1v) is 7.69. The highest BCUT2D eigenvalue weighted by Crippen LogP contribution is 2.33. The first-order valence-electron chi connectivity index (χ1n) is 7.69. The standard InChI is InChI=1S/C18H22N2O2/c1-14-4-2-5-16(12-14)21-10-3-8-20-9-11-22-18-7-6-15(19)13-17(18)20/h2,4-7,12-13H,3,8-11,19H2,1H3. The van der Waals surface area contributed by atoms with E-state index >= 15 is 0 Å². The Bertz CT molecular complexity index is 643. The van der Waals surface area contributed by atoms with Gasteiger partial charge in [-0.05, 0) is 49.2 Å². The van der Waals surface area contributed by atoms with Gasteiger partial charge in [-0.1, -0.05) is 12.1 Å². The van der Waals surface area contributed by atoms with Gasteiger partial charge in [0.15, 0.2) is 0 Å². The van der Waals surface area contributed by atoms with Crippen LogP contribution in [0.3, 0.4) is 0 Å². The van der Waals surface area contributed by atoms with Gasteiger partial charge in [0.1, 0.15) is 18.1 Å². The largest absolute Gasteiger partial charge is 0.494 e. The van der Waals surface area contributed by atoms with Gasteiger partial charge in [0.05, 0.1) is 18.8 Å². The van der Waals surface area contributed by atoms with Crippen LogP contribution in [0.5, 0.6) is 11.5 Å². The van der Waals surface area contributed by atoms with Gasteiger partial charge in [-0.25, -0.2) is 0 Å². The molecule has 0 fully saturated rings. The van der Waals surface area contributed by atoms with Crippen LogP contribution in [0, 0.1) is 6.92 Å². The van der Waals surface area contributed by atoms with Gasteiger partial charge in [-0.2, -0.15) is 0 Å². The molecule has 4 heteroatoms. The van der Waals surface area contributed by atoms with Crippen LogP contribution in [-0.4, -0.2) is 26.3 Å². The van der Waals surface area contributed by atoms with Crippen molar-refractivity contribution >= 4 is 11.4 Å². The molecule has 0 spiro atoms. The molecule has 2 aromatic carbocycles. The lowest BCUT2D eigenvalue weighted by Gasteiger charge is -2.31. The van der Waals surface area contributed by atoms with E-state index in [9.17, 15) is 0 Å². The van der Waals surface area contributed by atoms with Crippen molar-refractivity contribution in [3.63, 3.8) is 0 Å². The van der Waals surface area contributed by atoms with Gasteiger partial charge < -0.3 is 20.1 Å². The van der Waals surface area contributed by atoms with Crippen molar-refractivity contribution in [2.45, 2.75) is 13.3 Å². The fourth-order valence-electron chi connectivity index (χ4n) is 2.67. The number of fused-ring (bicyclic) bond motifs is 1. The molecular formula is C18H22N2O2. The topological polar surface area (TPSA) is 47.7 Å². The number of nitrogen functional groups attached to an aromatic ring is 1. The van der Waals surface area contributed by atoms with E-state index in [0.29, 0.717) is 6.61 Å². The summed E-state index contributed by atoms with van der Waals surface area (Å²) in [5, 5.41) is 0. The fourth-order valence-corrected chi connectivity index (χ4v) is 2.67. The lowest BCUT2D eigenvalue weighted by molar-refractivity contribution is 0.293. The van der Waals surface area contributed by atoms with Crippen LogP contribution in [0.1, 0.15) is 12.0 Å². The molecule has 0 unspecified atom stereocenters. The lowest BCUT2D eigenvalue weighted by atomic mass is 10.2. The maximum Gasteiger partial charge on any atom is 0.142 e. The molecule has 0 aromatic heterocycles. The van der Waals surface area contributed by atoms with E-state index in [1.807, 2.05) is 30.3 Å². The number of ether oxygens (including phenoxy) is 2. The first kappa shape index (κ1) is 14.6. The highest BCUT2D eigenvalue weighted by atomic mass is 16.5. The smallest absolute Gasteiger partial charge is 0.142 e. The van der Waals surface area contributed by atoms with Crippen molar-refractivity contribution in [2.24, 2.45) is 0 Å². The van der Waals surface area contributed by atoms with Gasteiger partial charge >= 0.3 is 0 Å². The molecule has 1 aliphatic rings. The minimum Gasteiger partial charge on any atom is -0.494 e. The zero-order valence-corrected chi connectivity index (χ0v) is 12.9. The van der Waals surface area contributed by atoms with Crippen molar-refractivity contribution in [1.82, 2.24) is 0 Å². The van der Waals surface area contributed by atoms with E-state index in [4.69, 9.17) is 15.2 Å². The van der Waals surface area contributed by atoms with Crippen molar-refractivity contribution in [3.05, 3.63) is 48.0 Å². The summed E-state index contributed by atoms with van der Waals surface area (Å²) in [6, 6.07) is 14.0. The molecule has 3 rings (SSSR count). The summed E-state index contributed by atoms with van der Waals surface area (Å²) in [6.45, 7) is 5.32. The van der Waals surface area contributed by atoms with Crippen LogP contribution >= 0.6 is 0 Å². The number of anilines is 2. The number of benzene rings is 2. The van der Waals surface area contributed by atoms with Crippen LogP contribution in [0.15, 0.2) is 42.5 Å². The Kier molecular flexibility index (Phi) is 4.37. The zero-order chi connectivity index (χ0) is 15.4. The van der Waals surface area contributed by atoms with Crippen LogP contribution in [0.2, 0.25) is 0 Å². The number of rotatable bonds is 5. The lowest BCUT2D eigenvalue weighted by Crippen LogP contribution is -2.34. The second kappa shape index (κ2) is 6.60. The molecule has 0 saturated heterocycles. The Morgan fingerprint density at radius 2 is 2.14 bits per heavy atom. The highest BCUT2D eigenvalue weighted by molar-refractivity contribution is 5.65. The number of nitrogens with two attached hydrogens (primary N) is 1. The van der Waals surface area contributed by atoms with Crippen LogP contribution in [0.4, 0.5) is 11.4 Å². The monoisotopic (exact) mass is 298 g/mol. The van der Waals surface area contributed by atoms with E-state index in [1.54, 1.807) is 0 Å². The van der Waals surface area contributed by atoms with Crippen LogP contribution in [-0.2, 0) is 0 Å². The molecule has 0 saturated carbocycles. The minimum atomic E-state index is 0.707. The van der Waals surface area contributed by atoms with Gasteiger partial charge in [-0.15, -0.1) is 0 Å². The summed E-state index contributed by atoms with van der Waals surface area (Å²) in [6.07, 6.45) is 0.960. The predicted octanol–water partition coefficient (Wildman–Crippen LogP) is 3.25. The number of hydrogen-bond acceptors (Lipinski definition) is 4. The summed E-state index contributed by atoms with van der Waals surface area (Å²) in [7, 11) is 0. The van der Waals surface area contributed by atoms with E-state index in [-0.39, 0.29) is 0 Å². The summed E-state index contributed by atoms with van der Waals surface area (Å²) >= 11 is 0. The summed E-state index contributed by atoms with van der Waals surface area (Å²) in [5.74, 6) is 1.85. The molecule has 0 radical (unpaired) electrons. The second-order valence-corrected chi connectivity index (χ2v) is 5.58. The van der Waals surface area contributed by atoms with Crippen molar-refractivity contribution < 1.29 is 9.47 Å². The van der Waals surface area contributed by atoms with Gasteiger partial charge in [0, 0.05) is 12.2 Å². The molecule has 4 nitrogen and oxygen atoms in total. The van der Waals surface area contributed by atoms with Crippen molar-refractivity contribution in [2.75, 3.05) is 36.9 Å². The highest BCUT2D eigenvalue weighted by Gasteiger charge is 2.17. The molecule has 22 heavy (non-hydrogen) atoms. The molecule has 116 valence electrons. The van der Waals surface area contributed by atoms with Crippen molar-refractivity contribution in [1.29, 1.82) is 0 Å². The predicted molar refractivity (Wildman–Crippen MR) is 89.9 cm³/mol. The number of nitrogens with zero attached hydrogens (tertiary/aromatic N) is 1. The molecule has 0 atom stereocenters. The molecule has 1 heterocycles. The maximum absolute atomic E-state index is 5.88. The van der Waals surface area contributed by atoms with E-state index in [2.05, 4.69) is 24.0 Å². The van der Waals surface area contributed by atoms with E-state index in [0.717, 1.165) is 49.0 Å². The van der Waals surface area contributed by atoms with Crippen LogP contribution < -0.4 is 20.1 Å². The molecule has 2 aromatic rings. The Labute approximate surface area is 131 Å². The Morgan fingerprint density at radius 3 is 3.00 bits per heavy atom. The number of aryl methyl sites for hydroxylation is 1. The molecule has 0 amide bonds. The second-order valence-electron chi connectivity index (χ2n) is 5.58. The average Bonchev–Trinajstić information content (AvgIpc) is 2.52. The quantitative estimate of drug-likeness (QED) is 0.680. The molecular weight excluding hydrogens is 276 g/mol. The molecule has 0 aliphatic carbocycles. The average molecular weight is 298 g/mol. The van der Waals surface area contributed by atoms with E-state index in [1.165, 1.54) is 5.56 Å². The minimum absolute atomic E-state index is 0.707. The molecule has 1 aliphatic heterocycles. The molecule has 2 N–H and O–H groups in total. The Morgan fingerprint density at radius 1 is 1.23 bits per heavy atom. The number of hydrogen-bond donors (Lipinski definition) is 1. The Balaban J connectivity index is 1.53. The van der Waals surface area contributed by atoms with Crippen LogP contribution in [0.25, 0.3) is 0 Å². The summed E-state index contributed by atoms with van der Waals surface area (Å²) in [5.41, 5.74) is 8.95. The third kappa shape index (κ3) is 3.45. The SMILES string of the molecule is Cc1cccc(OCCCN2CCOc3ccc(N)cc32)c1. The van der Waals surface area contributed by atoms with Crippen molar-refractivity contribution in [3.8, 4) is 11.5 Å². The summed E-state index contributed by atoms with van der Waals surface area (Å²) in [4.78, 5) is 2.31. The zero-order valence-electron chi connectivity index (χ0n) is 12.9. The van der Waals surface area contributed by atoms with Gasteiger partial charge in [0.25, 0.3) is 0 Å². The Hall–Kier alpha value is -2.36. The normalized spacial score (nSPS) is 13.4. The molecule has 0 bridgehead atoms. The maximum atomic E-state index is 5.88. The fraction of sp³-hybridized carbons (Fsp3) is 0.333. The third-order valence-corrected chi connectivity index (χ3v) is 3.77.